The highest BCUT2D eigenvalue weighted by molar-refractivity contribution is 6.30. The second kappa shape index (κ2) is 6.74. The van der Waals surface area contributed by atoms with Gasteiger partial charge in [0.1, 0.15) is 0 Å². The lowest BCUT2D eigenvalue weighted by molar-refractivity contribution is 0.0444. The number of nitrogens with one attached hydrogen (secondary N) is 1. The third-order valence-corrected chi connectivity index (χ3v) is 4.31. The molecule has 2 rings (SSSR count). The van der Waals surface area contributed by atoms with Crippen LogP contribution in [0, 0.1) is 0 Å². The zero-order valence-corrected chi connectivity index (χ0v) is 12.4. The molecule has 0 amide bonds. The lowest BCUT2D eigenvalue weighted by Crippen LogP contribution is -2.39. The van der Waals surface area contributed by atoms with Crippen molar-refractivity contribution in [3.63, 3.8) is 0 Å². The van der Waals surface area contributed by atoms with Crippen molar-refractivity contribution in [3.8, 4) is 0 Å². The third kappa shape index (κ3) is 4.20. The van der Waals surface area contributed by atoms with Crippen LogP contribution in [-0.2, 0) is 0 Å². The van der Waals surface area contributed by atoms with Crippen molar-refractivity contribution in [1.82, 2.24) is 5.32 Å². The maximum absolute atomic E-state index is 10.4. The molecule has 0 bridgehead atoms. The molecule has 0 radical (unpaired) electrons. The van der Waals surface area contributed by atoms with E-state index in [4.69, 9.17) is 11.6 Å². The molecule has 3 heteroatoms. The molecule has 0 aliphatic heterocycles. The van der Waals surface area contributed by atoms with E-state index in [0.29, 0.717) is 12.6 Å². The van der Waals surface area contributed by atoms with Gasteiger partial charge in [0.15, 0.2) is 0 Å². The molecule has 1 aromatic carbocycles. The first kappa shape index (κ1) is 14.8. The molecule has 1 fully saturated rings. The number of rotatable bonds is 6. The van der Waals surface area contributed by atoms with E-state index in [1.165, 1.54) is 5.56 Å². The van der Waals surface area contributed by atoms with Crippen LogP contribution in [0.15, 0.2) is 24.3 Å². The average molecular weight is 282 g/mol. The highest BCUT2D eigenvalue weighted by Gasteiger charge is 2.31. The van der Waals surface area contributed by atoms with Gasteiger partial charge in [-0.25, -0.2) is 0 Å². The highest BCUT2D eigenvalue weighted by atomic mass is 35.5. The molecule has 106 valence electrons. The fourth-order valence-corrected chi connectivity index (χ4v) is 3.02. The number of hydrogen-bond donors (Lipinski definition) is 2. The minimum atomic E-state index is -0.488. The van der Waals surface area contributed by atoms with Gasteiger partial charge in [-0.05, 0) is 37.0 Å². The lowest BCUT2D eigenvalue weighted by atomic mass is 9.98. The summed E-state index contributed by atoms with van der Waals surface area (Å²) in [6.45, 7) is 2.88. The Kier molecular flexibility index (Phi) is 5.26. The van der Waals surface area contributed by atoms with E-state index in [0.717, 1.165) is 43.5 Å². The standard InChI is InChI=1S/C16H24ClNO/c1-2-5-15(13-6-8-14(17)9-7-13)18-12-16(19)10-3-4-11-16/h6-9,15,18-19H,2-5,10-12H2,1H3. The number of aliphatic hydroxyl groups is 1. The third-order valence-electron chi connectivity index (χ3n) is 4.06. The van der Waals surface area contributed by atoms with Crippen LogP contribution in [-0.4, -0.2) is 17.3 Å². The van der Waals surface area contributed by atoms with Crippen molar-refractivity contribution < 1.29 is 5.11 Å². The van der Waals surface area contributed by atoms with E-state index >= 15 is 0 Å². The smallest absolute Gasteiger partial charge is 0.0771 e. The van der Waals surface area contributed by atoms with E-state index < -0.39 is 5.60 Å². The topological polar surface area (TPSA) is 32.3 Å². The van der Waals surface area contributed by atoms with E-state index in [1.807, 2.05) is 12.1 Å². The van der Waals surface area contributed by atoms with Crippen molar-refractivity contribution >= 4 is 11.6 Å². The van der Waals surface area contributed by atoms with Crippen molar-refractivity contribution in [1.29, 1.82) is 0 Å². The van der Waals surface area contributed by atoms with Crippen molar-refractivity contribution in [2.24, 2.45) is 0 Å². The van der Waals surface area contributed by atoms with Crippen LogP contribution in [0.3, 0.4) is 0 Å². The molecule has 0 aromatic heterocycles. The summed E-state index contributed by atoms with van der Waals surface area (Å²) in [5.74, 6) is 0. The summed E-state index contributed by atoms with van der Waals surface area (Å²) in [4.78, 5) is 0. The predicted octanol–water partition coefficient (Wildman–Crippen LogP) is 4.08. The van der Waals surface area contributed by atoms with E-state index in [9.17, 15) is 5.11 Å². The Morgan fingerprint density at radius 1 is 1.26 bits per heavy atom. The number of halogens is 1. The Morgan fingerprint density at radius 3 is 2.47 bits per heavy atom. The monoisotopic (exact) mass is 281 g/mol. The zero-order chi connectivity index (χ0) is 13.7. The van der Waals surface area contributed by atoms with Gasteiger partial charge in [0.2, 0.25) is 0 Å². The second-order valence-electron chi connectivity index (χ2n) is 5.71. The maximum atomic E-state index is 10.4. The molecule has 1 atom stereocenters. The number of hydrogen-bond acceptors (Lipinski definition) is 2. The van der Waals surface area contributed by atoms with Gasteiger partial charge in [-0.1, -0.05) is 49.9 Å². The van der Waals surface area contributed by atoms with Crippen LogP contribution in [0.1, 0.15) is 57.1 Å². The van der Waals surface area contributed by atoms with Crippen LogP contribution in [0.2, 0.25) is 5.02 Å². The predicted molar refractivity (Wildman–Crippen MR) is 80.5 cm³/mol. The van der Waals surface area contributed by atoms with Crippen LogP contribution in [0.5, 0.6) is 0 Å². The van der Waals surface area contributed by atoms with E-state index in [-0.39, 0.29) is 0 Å². The summed E-state index contributed by atoms with van der Waals surface area (Å²) in [7, 11) is 0. The van der Waals surface area contributed by atoms with Gasteiger partial charge in [0.05, 0.1) is 5.60 Å². The summed E-state index contributed by atoms with van der Waals surface area (Å²) in [6, 6.07) is 8.34. The molecular formula is C16H24ClNO. The Labute approximate surface area is 121 Å². The maximum Gasteiger partial charge on any atom is 0.0771 e. The normalized spacial score (nSPS) is 19.5. The Hall–Kier alpha value is -0.570. The Balaban J connectivity index is 1.97. The molecule has 0 heterocycles. The van der Waals surface area contributed by atoms with Crippen LogP contribution in [0.25, 0.3) is 0 Å². The molecule has 1 saturated carbocycles. The first-order chi connectivity index (χ1) is 9.13. The summed E-state index contributed by atoms with van der Waals surface area (Å²) in [5.41, 5.74) is 0.770. The molecule has 2 nitrogen and oxygen atoms in total. The van der Waals surface area contributed by atoms with Gasteiger partial charge in [0.25, 0.3) is 0 Å². The molecule has 0 spiro atoms. The molecule has 1 aliphatic rings. The average Bonchev–Trinajstić information content (AvgIpc) is 2.83. The van der Waals surface area contributed by atoms with Crippen LogP contribution >= 0.6 is 11.6 Å². The van der Waals surface area contributed by atoms with Crippen molar-refractivity contribution in [3.05, 3.63) is 34.9 Å². The second-order valence-corrected chi connectivity index (χ2v) is 6.14. The van der Waals surface area contributed by atoms with Gasteiger partial charge in [0, 0.05) is 17.6 Å². The SMILES string of the molecule is CCCC(NCC1(O)CCCC1)c1ccc(Cl)cc1. The minimum Gasteiger partial charge on any atom is -0.389 e. The number of benzene rings is 1. The summed E-state index contributed by atoms with van der Waals surface area (Å²) in [6.07, 6.45) is 6.37. The molecular weight excluding hydrogens is 258 g/mol. The fourth-order valence-electron chi connectivity index (χ4n) is 2.89. The Bertz CT molecular complexity index is 384. The lowest BCUT2D eigenvalue weighted by Gasteiger charge is -2.27. The van der Waals surface area contributed by atoms with Crippen LogP contribution in [0.4, 0.5) is 0 Å². The summed E-state index contributed by atoms with van der Waals surface area (Å²) in [5, 5.41) is 14.7. The quantitative estimate of drug-likeness (QED) is 0.824. The highest BCUT2D eigenvalue weighted by Crippen LogP contribution is 2.30. The van der Waals surface area contributed by atoms with Gasteiger partial charge >= 0.3 is 0 Å². The molecule has 1 aliphatic carbocycles. The largest absolute Gasteiger partial charge is 0.389 e. The first-order valence-electron chi connectivity index (χ1n) is 7.34. The van der Waals surface area contributed by atoms with Crippen LogP contribution < -0.4 is 5.32 Å². The minimum absolute atomic E-state index is 0.312. The molecule has 2 N–H and O–H groups in total. The molecule has 1 aromatic rings. The zero-order valence-electron chi connectivity index (χ0n) is 11.7. The van der Waals surface area contributed by atoms with E-state index in [2.05, 4.69) is 24.4 Å². The fraction of sp³-hybridized carbons (Fsp3) is 0.625. The van der Waals surface area contributed by atoms with E-state index in [1.54, 1.807) is 0 Å². The molecule has 19 heavy (non-hydrogen) atoms. The van der Waals surface area contributed by atoms with Gasteiger partial charge in [-0.15, -0.1) is 0 Å². The van der Waals surface area contributed by atoms with Gasteiger partial charge in [-0.3, -0.25) is 0 Å². The van der Waals surface area contributed by atoms with Gasteiger partial charge in [-0.2, -0.15) is 0 Å². The molecule has 1 unspecified atom stereocenters. The Morgan fingerprint density at radius 2 is 1.89 bits per heavy atom. The van der Waals surface area contributed by atoms with Gasteiger partial charge < -0.3 is 10.4 Å². The van der Waals surface area contributed by atoms with Crippen molar-refractivity contribution in [2.75, 3.05) is 6.54 Å². The summed E-state index contributed by atoms with van der Waals surface area (Å²) < 4.78 is 0. The summed E-state index contributed by atoms with van der Waals surface area (Å²) >= 11 is 5.94. The molecule has 0 saturated heterocycles. The van der Waals surface area contributed by atoms with Crippen molar-refractivity contribution in [2.45, 2.75) is 57.1 Å². The first-order valence-corrected chi connectivity index (χ1v) is 7.72.